The van der Waals surface area contributed by atoms with Crippen molar-refractivity contribution in [1.82, 2.24) is 10.6 Å². The van der Waals surface area contributed by atoms with Crippen molar-refractivity contribution in [2.24, 2.45) is 5.73 Å². The van der Waals surface area contributed by atoms with Gasteiger partial charge < -0.3 is 16.2 Å². The summed E-state index contributed by atoms with van der Waals surface area (Å²) in [6, 6.07) is 0. The first-order chi connectivity index (χ1) is 7.02. The van der Waals surface area contributed by atoms with Crippen LogP contribution in [-0.4, -0.2) is 35.2 Å². The fourth-order valence-corrected chi connectivity index (χ4v) is 1.67. The van der Waals surface area contributed by atoms with Gasteiger partial charge >= 0.3 is 11.9 Å². The Balaban J connectivity index is 2.58. The van der Waals surface area contributed by atoms with Crippen molar-refractivity contribution < 1.29 is 14.7 Å². The Morgan fingerprint density at radius 3 is 2.67 bits per heavy atom. The van der Waals surface area contributed by atoms with Crippen LogP contribution >= 0.6 is 0 Å². The molecule has 1 aliphatic heterocycles. The number of rotatable bonds is 4. The second-order valence-corrected chi connectivity index (χ2v) is 3.88. The molecule has 0 aromatic heterocycles. The summed E-state index contributed by atoms with van der Waals surface area (Å²) in [5.41, 5.74) is 5.15. The minimum absolute atomic E-state index is 0.354. The Hall–Kier alpha value is -1.14. The average molecular weight is 215 g/mol. The number of nitrogens with one attached hydrogen (secondary N) is 2. The first-order valence-corrected chi connectivity index (χ1v) is 5.06. The van der Waals surface area contributed by atoms with Gasteiger partial charge in [0.05, 0.1) is 11.7 Å². The molecule has 1 rings (SSSR count). The molecule has 0 aromatic carbocycles. The second kappa shape index (κ2) is 4.59. The Kier molecular flexibility index (Phi) is 3.65. The highest BCUT2D eigenvalue weighted by molar-refractivity contribution is 6.31. The Morgan fingerprint density at radius 1 is 1.67 bits per heavy atom. The molecule has 15 heavy (non-hydrogen) atoms. The van der Waals surface area contributed by atoms with Gasteiger partial charge in [0.15, 0.2) is 0 Å². The molecule has 2 atom stereocenters. The largest absolute Gasteiger partial charge is 0.474 e. The average Bonchev–Trinajstić information content (AvgIpc) is 2.21. The smallest absolute Gasteiger partial charge is 0.394 e. The van der Waals surface area contributed by atoms with E-state index in [1.54, 1.807) is 0 Å². The minimum atomic E-state index is -1.47. The van der Waals surface area contributed by atoms with Gasteiger partial charge in [0, 0.05) is 6.54 Å². The lowest BCUT2D eigenvalue weighted by Gasteiger charge is -2.48. The van der Waals surface area contributed by atoms with Crippen LogP contribution < -0.4 is 16.4 Å². The molecule has 0 radical (unpaired) electrons. The molecule has 0 spiro atoms. The molecule has 5 N–H and O–H groups in total. The number of unbranched alkanes of at least 4 members (excludes halogenated alkanes) is 1. The number of aliphatic carboxylic acids is 1. The summed E-state index contributed by atoms with van der Waals surface area (Å²) in [6.07, 6.45) is 2.25. The Labute approximate surface area is 88.2 Å². The number of carbonyl (C=O) groups is 2. The van der Waals surface area contributed by atoms with Crippen LogP contribution in [-0.2, 0) is 9.59 Å². The van der Waals surface area contributed by atoms with Crippen LogP contribution in [0.5, 0.6) is 0 Å². The molecular formula is C9H17N3O3. The molecular weight excluding hydrogens is 198 g/mol. The molecule has 1 saturated heterocycles. The lowest BCUT2D eigenvalue weighted by molar-refractivity contribution is -0.152. The fourth-order valence-electron chi connectivity index (χ4n) is 1.67. The Bertz CT molecular complexity index is 269. The molecule has 6 nitrogen and oxygen atoms in total. The van der Waals surface area contributed by atoms with E-state index in [1.807, 2.05) is 6.92 Å². The summed E-state index contributed by atoms with van der Waals surface area (Å²) in [6.45, 7) is 2.57. The van der Waals surface area contributed by atoms with Gasteiger partial charge in [0.25, 0.3) is 0 Å². The summed E-state index contributed by atoms with van der Waals surface area (Å²) in [7, 11) is 0. The van der Waals surface area contributed by atoms with Gasteiger partial charge in [-0.15, -0.1) is 0 Å². The summed E-state index contributed by atoms with van der Waals surface area (Å²) in [4.78, 5) is 21.5. The van der Waals surface area contributed by atoms with Crippen molar-refractivity contribution in [2.75, 3.05) is 6.54 Å². The van der Waals surface area contributed by atoms with Crippen LogP contribution in [0.2, 0.25) is 0 Å². The van der Waals surface area contributed by atoms with E-state index in [1.165, 1.54) is 0 Å². The zero-order chi connectivity index (χ0) is 11.5. The number of carbonyl (C=O) groups excluding carboxylic acids is 1. The van der Waals surface area contributed by atoms with Crippen LogP contribution in [0.4, 0.5) is 0 Å². The minimum Gasteiger partial charge on any atom is -0.474 e. The quantitative estimate of drug-likeness (QED) is 0.450. The van der Waals surface area contributed by atoms with Gasteiger partial charge in [-0.25, -0.2) is 4.79 Å². The lowest BCUT2D eigenvalue weighted by atomic mass is 9.83. The monoisotopic (exact) mass is 215 g/mol. The number of carboxylic acid groups (broad SMARTS) is 1. The van der Waals surface area contributed by atoms with Crippen LogP contribution in [0.15, 0.2) is 0 Å². The first-order valence-electron chi connectivity index (χ1n) is 5.06. The van der Waals surface area contributed by atoms with E-state index in [2.05, 4.69) is 10.6 Å². The number of amides is 1. The third-order valence-electron chi connectivity index (χ3n) is 2.77. The zero-order valence-corrected chi connectivity index (χ0v) is 8.75. The number of hydrogen-bond donors (Lipinski definition) is 4. The number of nitrogens with two attached hydrogens (primary N) is 1. The molecule has 1 aliphatic rings. The van der Waals surface area contributed by atoms with Gasteiger partial charge in [0.2, 0.25) is 0 Å². The zero-order valence-electron chi connectivity index (χ0n) is 8.75. The van der Waals surface area contributed by atoms with Gasteiger partial charge in [-0.3, -0.25) is 10.1 Å². The molecule has 6 heteroatoms. The second-order valence-electron chi connectivity index (χ2n) is 3.88. The molecule has 0 aliphatic carbocycles. The summed E-state index contributed by atoms with van der Waals surface area (Å²) >= 11 is 0. The van der Waals surface area contributed by atoms with Crippen molar-refractivity contribution in [3.05, 3.63) is 0 Å². The van der Waals surface area contributed by atoms with Gasteiger partial charge in [-0.1, -0.05) is 19.8 Å². The molecule has 0 saturated carbocycles. The van der Waals surface area contributed by atoms with Gasteiger partial charge in [0.1, 0.15) is 0 Å². The van der Waals surface area contributed by atoms with Crippen LogP contribution in [0.3, 0.4) is 0 Å². The van der Waals surface area contributed by atoms with Gasteiger partial charge in [-0.2, -0.15) is 0 Å². The first kappa shape index (κ1) is 11.9. The van der Waals surface area contributed by atoms with Crippen molar-refractivity contribution in [3.63, 3.8) is 0 Å². The summed E-state index contributed by atoms with van der Waals surface area (Å²) < 4.78 is 0. The van der Waals surface area contributed by atoms with E-state index < -0.39 is 17.4 Å². The third-order valence-corrected chi connectivity index (χ3v) is 2.77. The molecule has 0 bridgehead atoms. The maximum atomic E-state index is 11.1. The third kappa shape index (κ3) is 2.45. The lowest BCUT2D eigenvalue weighted by Crippen LogP contribution is -2.79. The number of hydrogen-bond acceptors (Lipinski definition) is 4. The SMILES string of the molecule is CCCC[C@@]1(NC(=O)C(=O)O)CNC1N. The van der Waals surface area contributed by atoms with E-state index in [0.29, 0.717) is 13.0 Å². The van der Waals surface area contributed by atoms with Crippen molar-refractivity contribution >= 4 is 11.9 Å². The highest BCUT2D eigenvalue weighted by Crippen LogP contribution is 2.22. The summed E-state index contributed by atoms with van der Waals surface area (Å²) in [5, 5.41) is 13.9. The van der Waals surface area contributed by atoms with E-state index in [4.69, 9.17) is 10.8 Å². The maximum Gasteiger partial charge on any atom is 0.394 e. The van der Waals surface area contributed by atoms with Crippen molar-refractivity contribution in [1.29, 1.82) is 0 Å². The van der Waals surface area contributed by atoms with Gasteiger partial charge in [-0.05, 0) is 6.42 Å². The molecule has 1 fully saturated rings. The normalized spacial score (nSPS) is 29.3. The van der Waals surface area contributed by atoms with E-state index in [0.717, 1.165) is 12.8 Å². The highest BCUT2D eigenvalue weighted by Gasteiger charge is 2.45. The Morgan fingerprint density at radius 2 is 2.33 bits per heavy atom. The van der Waals surface area contributed by atoms with Crippen LogP contribution in [0.25, 0.3) is 0 Å². The molecule has 1 unspecified atom stereocenters. The predicted octanol–water partition coefficient (Wildman–Crippen LogP) is -0.996. The predicted molar refractivity (Wildman–Crippen MR) is 54.0 cm³/mol. The molecule has 86 valence electrons. The van der Waals surface area contributed by atoms with E-state index in [-0.39, 0.29) is 6.17 Å². The van der Waals surface area contributed by atoms with Crippen molar-refractivity contribution in [2.45, 2.75) is 37.9 Å². The maximum absolute atomic E-state index is 11.1. The van der Waals surface area contributed by atoms with Crippen molar-refractivity contribution in [3.8, 4) is 0 Å². The fraction of sp³-hybridized carbons (Fsp3) is 0.778. The standard InChI is InChI=1S/C9H17N3O3/c1-2-3-4-9(5-11-8(9)10)12-6(13)7(14)15/h8,11H,2-5,10H2,1H3,(H,12,13)(H,14,15)/t8?,9-/m1/s1. The van der Waals surface area contributed by atoms with E-state index in [9.17, 15) is 9.59 Å². The van der Waals surface area contributed by atoms with E-state index >= 15 is 0 Å². The summed E-state index contributed by atoms with van der Waals surface area (Å²) in [5.74, 6) is -2.45. The van der Waals surface area contributed by atoms with Crippen LogP contribution in [0, 0.1) is 0 Å². The molecule has 1 amide bonds. The molecule has 1 heterocycles. The van der Waals surface area contributed by atoms with Crippen LogP contribution in [0.1, 0.15) is 26.2 Å². The topological polar surface area (TPSA) is 104 Å². The highest BCUT2D eigenvalue weighted by atomic mass is 16.4. The molecule has 0 aromatic rings. The number of carboxylic acids is 1.